The van der Waals surface area contributed by atoms with E-state index in [-0.39, 0.29) is 11.9 Å². The van der Waals surface area contributed by atoms with Crippen LogP contribution in [0.4, 0.5) is 0 Å². The van der Waals surface area contributed by atoms with Crippen molar-refractivity contribution in [2.75, 3.05) is 36.2 Å². The van der Waals surface area contributed by atoms with Gasteiger partial charge >= 0.3 is 11.9 Å². The standard InChI is InChI=1S/C28H38O4S6/c1-7-33-23(27-35-15-21(37-27)13-31-25(29)17(3)4)19-9-11-20(12-10-19)24(34-8-2)28-36-16-22(38-28)14-32-26(30)18(5)6/h9-12,21-24,27-28H,3,5,7-8,13-16H2,1-2,4,6H3. The molecule has 0 aliphatic carbocycles. The van der Waals surface area contributed by atoms with Gasteiger partial charge in [-0.2, -0.15) is 23.5 Å². The molecular formula is C28H38O4S6. The Morgan fingerprint density at radius 2 is 1.18 bits per heavy atom. The van der Waals surface area contributed by atoms with Crippen LogP contribution in [0.25, 0.3) is 0 Å². The van der Waals surface area contributed by atoms with Crippen LogP contribution in [0.2, 0.25) is 0 Å². The largest absolute Gasteiger partial charge is 0.461 e. The Hall–Kier alpha value is -0.260. The van der Waals surface area contributed by atoms with Crippen molar-refractivity contribution in [2.45, 2.75) is 57.9 Å². The highest BCUT2D eigenvalue weighted by atomic mass is 32.2. The fourth-order valence-corrected chi connectivity index (χ4v) is 13.9. The summed E-state index contributed by atoms with van der Waals surface area (Å²) in [6.07, 6.45) is 0. The summed E-state index contributed by atoms with van der Waals surface area (Å²) in [6, 6.07) is 9.27. The number of esters is 2. The third-order valence-electron chi connectivity index (χ3n) is 5.82. The molecule has 0 radical (unpaired) electrons. The summed E-state index contributed by atoms with van der Waals surface area (Å²) in [5.74, 6) is 3.50. The van der Waals surface area contributed by atoms with Crippen molar-refractivity contribution in [3.8, 4) is 0 Å². The molecule has 6 unspecified atom stereocenters. The van der Waals surface area contributed by atoms with Crippen LogP contribution in [-0.4, -0.2) is 67.8 Å². The van der Waals surface area contributed by atoms with E-state index in [9.17, 15) is 9.59 Å². The van der Waals surface area contributed by atoms with E-state index in [4.69, 9.17) is 9.47 Å². The first-order valence-electron chi connectivity index (χ1n) is 12.8. The highest BCUT2D eigenvalue weighted by molar-refractivity contribution is 8.22. The van der Waals surface area contributed by atoms with Crippen LogP contribution in [0.3, 0.4) is 0 Å². The maximum absolute atomic E-state index is 11.8. The monoisotopic (exact) mass is 630 g/mol. The minimum atomic E-state index is -0.300. The fourth-order valence-electron chi connectivity index (χ4n) is 3.92. The molecule has 2 saturated heterocycles. The average Bonchev–Trinajstić information content (AvgIpc) is 3.57. The summed E-state index contributed by atoms with van der Waals surface area (Å²) in [5, 5.41) is 1.42. The molecule has 2 aliphatic heterocycles. The van der Waals surface area contributed by atoms with Gasteiger partial charge in [0.1, 0.15) is 13.2 Å². The Kier molecular flexibility index (Phi) is 13.8. The van der Waals surface area contributed by atoms with Crippen molar-refractivity contribution in [2.24, 2.45) is 0 Å². The van der Waals surface area contributed by atoms with Crippen molar-refractivity contribution in [3.05, 3.63) is 59.7 Å². The quantitative estimate of drug-likeness (QED) is 0.150. The van der Waals surface area contributed by atoms with Crippen LogP contribution in [-0.2, 0) is 19.1 Å². The van der Waals surface area contributed by atoms with Gasteiger partial charge in [-0.25, -0.2) is 9.59 Å². The van der Waals surface area contributed by atoms with Gasteiger partial charge < -0.3 is 9.47 Å². The molecule has 4 nitrogen and oxygen atoms in total. The summed E-state index contributed by atoms with van der Waals surface area (Å²) in [5.41, 5.74) is 3.63. The van der Waals surface area contributed by atoms with Crippen LogP contribution >= 0.6 is 70.6 Å². The molecule has 0 spiro atoms. The predicted molar refractivity (Wildman–Crippen MR) is 175 cm³/mol. The third-order valence-corrected chi connectivity index (χ3v) is 15.7. The van der Waals surface area contributed by atoms with Gasteiger partial charge in [0.15, 0.2) is 0 Å². The zero-order valence-electron chi connectivity index (χ0n) is 22.5. The Labute approximate surface area is 253 Å². The molecule has 0 bridgehead atoms. The third kappa shape index (κ3) is 9.40. The molecule has 3 rings (SSSR count). The van der Waals surface area contributed by atoms with Gasteiger partial charge in [-0.1, -0.05) is 51.3 Å². The van der Waals surface area contributed by atoms with Gasteiger partial charge in [-0.05, 0) is 36.5 Å². The van der Waals surface area contributed by atoms with Gasteiger partial charge in [-0.3, -0.25) is 0 Å². The van der Waals surface area contributed by atoms with E-state index < -0.39 is 0 Å². The Morgan fingerprint density at radius 1 is 0.816 bits per heavy atom. The molecule has 6 atom stereocenters. The number of thioether (sulfide) groups is 6. The van der Waals surface area contributed by atoms with Crippen LogP contribution in [0.5, 0.6) is 0 Å². The molecule has 38 heavy (non-hydrogen) atoms. The van der Waals surface area contributed by atoms with E-state index >= 15 is 0 Å². The van der Waals surface area contributed by atoms with E-state index in [1.807, 2.05) is 70.6 Å². The summed E-state index contributed by atoms with van der Waals surface area (Å²) in [7, 11) is 0. The molecule has 2 heterocycles. The van der Waals surface area contributed by atoms with Crippen LogP contribution in [0.15, 0.2) is 48.6 Å². The van der Waals surface area contributed by atoms with E-state index in [1.54, 1.807) is 13.8 Å². The SMILES string of the molecule is C=C(C)C(=O)OCC1CSC(C(SCC)c2ccc(C(SCC)C3SCC(COC(=O)C(=C)C)S3)cc2)S1. The number of ether oxygens (including phenoxy) is 2. The normalized spacial score (nSPS) is 24.5. The lowest BCUT2D eigenvalue weighted by Gasteiger charge is -2.25. The van der Waals surface area contributed by atoms with Crippen molar-refractivity contribution >= 4 is 82.5 Å². The van der Waals surface area contributed by atoms with Crippen LogP contribution in [0, 0.1) is 0 Å². The lowest BCUT2D eigenvalue weighted by atomic mass is 10.1. The molecule has 210 valence electrons. The Bertz CT molecular complexity index is 892. The molecule has 0 aromatic heterocycles. The first kappa shape index (κ1) is 32.3. The maximum Gasteiger partial charge on any atom is 0.333 e. The lowest BCUT2D eigenvalue weighted by Crippen LogP contribution is -2.17. The van der Waals surface area contributed by atoms with E-state index in [2.05, 4.69) is 51.3 Å². The van der Waals surface area contributed by atoms with E-state index in [0.29, 0.717) is 54.5 Å². The number of carbonyl (C=O) groups excluding carboxylic acids is 2. The minimum absolute atomic E-state index is 0.300. The van der Waals surface area contributed by atoms with Crippen molar-refractivity contribution in [3.63, 3.8) is 0 Å². The van der Waals surface area contributed by atoms with E-state index in [1.165, 1.54) is 11.1 Å². The number of benzene rings is 1. The predicted octanol–water partition coefficient (Wildman–Crippen LogP) is 7.86. The van der Waals surface area contributed by atoms with Gasteiger partial charge in [0, 0.05) is 33.2 Å². The number of carbonyl (C=O) groups is 2. The van der Waals surface area contributed by atoms with Gasteiger partial charge in [0.25, 0.3) is 0 Å². The minimum Gasteiger partial charge on any atom is -0.461 e. The Morgan fingerprint density at radius 3 is 1.50 bits per heavy atom. The molecule has 1 aromatic carbocycles. The number of hydrogen-bond acceptors (Lipinski definition) is 10. The molecule has 0 N–H and O–H groups in total. The molecule has 0 amide bonds. The molecular weight excluding hydrogens is 593 g/mol. The lowest BCUT2D eigenvalue weighted by molar-refractivity contribution is -0.139. The highest BCUT2D eigenvalue weighted by Gasteiger charge is 2.36. The van der Waals surface area contributed by atoms with Crippen molar-refractivity contribution in [1.82, 2.24) is 0 Å². The molecule has 10 heteroatoms. The van der Waals surface area contributed by atoms with Gasteiger partial charge in [-0.15, -0.1) is 47.0 Å². The average molecular weight is 631 g/mol. The zero-order chi connectivity index (χ0) is 27.7. The number of hydrogen-bond donors (Lipinski definition) is 0. The van der Waals surface area contributed by atoms with E-state index in [0.717, 1.165) is 23.0 Å². The summed E-state index contributed by atoms with van der Waals surface area (Å²) < 4.78 is 11.7. The molecule has 2 fully saturated rings. The summed E-state index contributed by atoms with van der Waals surface area (Å²) >= 11 is 11.8. The first-order valence-corrected chi connectivity index (χ1v) is 18.8. The highest BCUT2D eigenvalue weighted by Crippen LogP contribution is 2.52. The van der Waals surface area contributed by atoms with Crippen LogP contribution in [0.1, 0.15) is 49.3 Å². The Balaban J connectivity index is 1.62. The second-order valence-corrected chi connectivity index (χ2v) is 17.8. The maximum atomic E-state index is 11.8. The topological polar surface area (TPSA) is 52.6 Å². The van der Waals surface area contributed by atoms with Crippen molar-refractivity contribution in [1.29, 1.82) is 0 Å². The molecule has 2 aliphatic rings. The second-order valence-electron chi connectivity index (χ2n) is 9.10. The molecule has 0 saturated carbocycles. The van der Waals surface area contributed by atoms with Gasteiger partial charge in [0.05, 0.1) is 19.7 Å². The van der Waals surface area contributed by atoms with Crippen molar-refractivity contribution < 1.29 is 19.1 Å². The molecule has 1 aromatic rings. The first-order chi connectivity index (χ1) is 18.2. The second kappa shape index (κ2) is 16.2. The van der Waals surface area contributed by atoms with Crippen LogP contribution < -0.4 is 0 Å². The summed E-state index contributed by atoms with van der Waals surface area (Å²) in [4.78, 5) is 23.6. The fraction of sp³-hybridized carbons (Fsp3) is 0.571. The smallest absolute Gasteiger partial charge is 0.333 e. The summed E-state index contributed by atoms with van der Waals surface area (Å²) in [6.45, 7) is 16.0. The zero-order valence-corrected chi connectivity index (χ0v) is 27.4. The number of rotatable bonds is 14. The van der Waals surface area contributed by atoms with Gasteiger partial charge in [0.2, 0.25) is 0 Å².